The number of hydrogen-bond acceptors (Lipinski definition) is 7. The van der Waals surface area contributed by atoms with E-state index in [4.69, 9.17) is 9.72 Å². The molecule has 1 saturated heterocycles. The number of ether oxygens (including phenoxy) is 1. The quantitative estimate of drug-likeness (QED) is 0.562. The van der Waals surface area contributed by atoms with Crippen molar-refractivity contribution in [3.05, 3.63) is 60.3 Å². The maximum Gasteiger partial charge on any atom is 0.243 e. The molecule has 2 aliphatic rings. The predicted molar refractivity (Wildman–Crippen MR) is 133 cm³/mol. The van der Waals surface area contributed by atoms with Crippen LogP contribution < -0.4 is 10.2 Å². The topological polar surface area (TPSA) is 105 Å². The molecule has 2 aliphatic heterocycles. The number of benzene rings is 2. The molecular weight excluding hydrogens is 466 g/mol. The fraction of sp³-hybridized carbons (Fsp3) is 0.320. The van der Waals surface area contributed by atoms with E-state index in [2.05, 4.69) is 10.3 Å². The van der Waals surface area contributed by atoms with E-state index in [0.717, 1.165) is 29.7 Å². The zero-order chi connectivity index (χ0) is 24.6. The van der Waals surface area contributed by atoms with E-state index in [1.165, 1.54) is 4.31 Å². The maximum atomic E-state index is 13.1. The van der Waals surface area contributed by atoms with Gasteiger partial charge < -0.3 is 15.0 Å². The Morgan fingerprint density at radius 2 is 1.91 bits per heavy atom. The molecule has 2 aromatic carbocycles. The van der Waals surface area contributed by atoms with Gasteiger partial charge in [-0.1, -0.05) is 18.2 Å². The van der Waals surface area contributed by atoms with Crippen molar-refractivity contribution in [2.24, 2.45) is 0 Å². The molecule has 182 valence electrons. The van der Waals surface area contributed by atoms with Gasteiger partial charge in [0, 0.05) is 49.8 Å². The van der Waals surface area contributed by atoms with Crippen LogP contribution in [0, 0.1) is 0 Å². The number of nitrogens with one attached hydrogen (secondary N) is 1. The van der Waals surface area contributed by atoms with Crippen LogP contribution in [0.5, 0.6) is 0 Å². The molecule has 10 heteroatoms. The summed E-state index contributed by atoms with van der Waals surface area (Å²) in [6.07, 6.45) is 3.51. The molecule has 9 nitrogen and oxygen atoms in total. The number of aromatic nitrogens is 2. The van der Waals surface area contributed by atoms with Gasteiger partial charge in [0.05, 0.1) is 29.3 Å². The van der Waals surface area contributed by atoms with Crippen LogP contribution in [-0.2, 0) is 26.0 Å². The van der Waals surface area contributed by atoms with Crippen molar-refractivity contribution >= 4 is 33.3 Å². The Balaban J connectivity index is 1.40. The molecule has 0 saturated carbocycles. The first-order chi connectivity index (χ1) is 16.9. The standard InChI is InChI=1S/C25H27N5O4S/c1-29-22-8-4-3-7-21(22)24-17(14-23(29)31)15-26-25(28-24)27-18-9-11-20(12-10-18)35(32,33)30-13-5-6-19(30)16-34-2/h3-4,7-12,15,19H,5-6,13-14,16H2,1-2H3,(H,26,27,28)/t19-/m0/s1. The van der Waals surface area contributed by atoms with E-state index < -0.39 is 10.0 Å². The van der Waals surface area contributed by atoms with Gasteiger partial charge >= 0.3 is 0 Å². The highest BCUT2D eigenvalue weighted by Crippen LogP contribution is 2.35. The van der Waals surface area contributed by atoms with Crippen LogP contribution in [0.3, 0.4) is 0 Å². The molecule has 3 aromatic rings. The van der Waals surface area contributed by atoms with E-state index >= 15 is 0 Å². The van der Waals surface area contributed by atoms with Crippen molar-refractivity contribution in [1.82, 2.24) is 14.3 Å². The number of fused-ring (bicyclic) bond motifs is 3. The van der Waals surface area contributed by atoms with Crippen LogP contribution in [-0.4, -0.2) is 61.9 Å². The van der Waals surface area contributed by atoms with Gasteiger partial charge in [-0.3, -0.25) is 4.79 Å². The first-order valence-electron chi connectivity index (χ1n) is 11.5. The zero-order valence-electron chi connectivity index (χ0n) is 19.6. The summed E-state index contributed by atoms with van der Waals surface area (Å²) >= 11 is 0. The van der Waals surface area contributed by atoms with E-state index in [1.54, 1.807) is 49.5 Å². The molecule has 1 aromatic heterocycles. The minimum atomic E-state index is -3.60. The number of hydrogen-bond donors (Lipinski definition) is 1. The number of nitrogens with zero attached hydrogens (tertiary/aromatic N) is 4. The highest BCUT2D eigenvalue weighted by atomic mass is 32.2. The van der Waals surface area contributed by atoms with Crippen molar-refractivity contribution in [3.63, 3.8) is 0 Å². The van der Waals surface area contributed by atoms with Gasteiger partial charge in [0.15, 0.2) is 0 Å². The number of methoxy groups -OCH3 is 1. The van der Waals surface area contributed by atoms with Crippen molar-refractivity contribution in [2.45, 2.75) is 30.2 Å². The van der Waals surface area contributed by atoms with E-state index in [-0.39, 0.29) is 23.3 Å². The highest BCUT2D eigenvalue weighted by Gasteiger charge is 2.35. The molecule has 0 bridgehead atoms. The fourth-order valence-corrected chi connectivity index (χ4v) is 6.35. The molecule has 5 rings (SSSR count). The summed E-state index contributed by atoms with van der Waals surface area (Å²) in [4.78, 5) is 23.6. The Morgan fingerprint density at radius 1 is 1.14 bits per heavy atom. The fourth-order valence-electron chi connectivity index (χ4n) is 4.67. The summed E-state index contributed by atoms with van der Waals surface area (Å²) in [5.41, 5.74) is 3.78. The molecule has 0 radical (unpaired) electrons. The van der Waals surface area contributed by atoms with Crippen LogP contribution in [0.1, 0.15) is 18.4 Å². The lowest BCUT2D eigenvalue weighted by atomic mass is 10.1. The number of amides is 1. The second kappa shape index (κ2) is 9.37. The molecule has 1 atom stereocenters. The monoisotopic (exact) mass is 493 g/mol. The lowest BCUT2D eigenvalue weighted by Crippen LogP contribution is -2.38. The minimum Gasteiger partial charge on any atom is -0.383 e. The van der Waals surface area contributed by atoms with Crippen LogP contribution in [0.4, 0.5) is 17.3 Å². The summed E-state index contributed by atoms with van der Waals surface area (Å²) in [7, 11) is -0.257. The van der Waals surface area contributed by atoms with Gasteiger partial charge in [0.25, 0.3) is 0 Å². The Hall–Kier alpha value is -3.34. The average Bonchev–Trinajstić information content (AvgIpc) is 3.31. The Kier molecular flexibility index (Phi) is 6.26. The summed E-state index contributed by atoms with van der Waals surface area (Å²) < 4.78 is 33.0. The summed E-state index contributed by atoms with van der Waals surface area (Å²) in [5.74, 6) is 0.342. The van der Waals surface area contributed by atoms with Crippen molar-refractivity contribution in [1.29, 1.82) is 0 Å². The highest BCUT2D eigenvalue weighted by molar-refractivity contribution is 7.89. The summed E-state index contributed by atoms with van der Waals surface area (Å²) in [6.45, 7) is 0.886. The average molecular weight is 494 g/mol. The van der Waals surface area contributed by atoms with Crippen molar-refractivity contribution in [3.8, 4) is 11.3 Å². The molecule has 1 amide bonds. The van der Waals surface area contributed by atoms with E-state index in [9.17, 15) is 13.2 Å². The SMILES string of the molecule is COC[C@@H]1CCCN1S(=O)(=O)c1ccc(Nc2ncc3c(n2)-c2ccccc2N(C)C(=O)C3)cc1. The Labute approximate surface area is 204 Å². The third kappa shape index (κ3) is 4.40. The molecular formula is C25H27N5O4S. The van der Waals surface area contributed by atoms with Gasteiger partial charge in [-0.05, 0) is 43.2 Å². The smallest absolute Gasteiger partial charge is 0.243 e. The Bertz CT molecular complexity index is 1360. The van der Waals surface area contributed by atoms with Gasteiger partial charge in [0.1, 0.15) is 0 Å². The number of carbonyl (C=O) groups excluding carboxylic acids is 1. The first-order valence-corrected chi connectivity index (χ1v) is 12.9. The van der Waals surface area contributed by atoms with Crippen LogP contribution >= 0.6 is 0 Å². The number of carbonyl (C=O) groups is 1. The van der Waals surface area contributed by atoms with Crippen LogP contribution in [0.2, 0.25) is 0 Å². The third-order valence-electron chi connectivity index (χ3n) is 6.50. The maximum absolute atomic E-state index is 13.1. The van der Waals surface area contributed by atoms with Gasteiger partial charge in [-0.15, -0.1) is 0 Å². The second-order valence-electron chi connectivity index (χ2n) is 8.73. The van der Waals surface area contributed by atoms with Gasteiger partial charge in [0.2, 0.25) is 21.9 Å². The minimum absolute atomic E-state index is 0.0250. The number of sulfonamides is 1. The lowest BCUT2D eigenvalue weighted by Gasteiger charge is -2.23. The third-order valence-corrected chi connectivity index (χ3v) is 8.47. The van der Waals surface area contributed by atoms with E-state index in [0.29, 0.717) is 30.5 Å². The van der Waals surface area contributed by atoms with Gasteiger partial charge in [-0.25, -0.2) is 18.4 Å². The largest absolute Gasteiger partial charge is 0.383 e. The summed E-state index contributed by atoms with van der Waals surface area (Å²) in [6, 6.07) is 14.1. The number of para-hydroxylation sites is 1. The molecule has 1 fully saturated rings. The number of anilines is 3. The van der Waals surface area contributed by atoms with Crippen molar-refractivity contribution in [2.75, 3.05) is 37.5 Å². The second-order valence-corrected chi connectivity index (χ2v) is 10.6. The van der Waals surface area contributed by atoms with E-state index in [1.807, 2.05) is 24.3 Å². The molecule has 3 heterocycles. The zero-order valence-corrected chi connectivity index (χ0v) is 20.5. The molecule has 35 heavy (non-hydrogen) atoms. The van der Waals surface area contributed by atoms with Crippen LogP contribution in [0.15, 0.2) is 59.6 Å². The molecule has 0 unspecified atom stereocenters. The predicted octanol–water partition coefficient (Wildman–Crippen LogP) is 3.21. The first kappa shape index (κ1) is 23.4. The van der Waals surface area contributed by atoms with Crippen LogP contribution in [0.25, 0.3) is 11.3 Å². The molecule has 0 spiro atoms. The van der Waals surface area contributed by atoms with Crippen molar-refractivity contribution < 1.29 is 17.9 Å². The lowest BCUT2D eigenvalue weighted by molar-refractivity contribution is -0.117. The molecule has 0 aliphatic carbocycles. The summed E-state index contributed by atoms with van der Waals surface area (Å²) in [5, 5.41) is 3.16. The number of likely N-dealkylation sites (N-methyl/N-ethyl adjacent to an activating group) is 1. The Morgan fingerprint density at radius 3 is 2.69 bits per heavy atom. The number of rotatable bonds is 6. The normalized spacial score (nSPS) is 18.2. The molecule has 1 N–H and O–H groups in total. The van der Waals surface area contributed by atoms with Gasteiger partial charge in [-0.2, -0.15) is 4.31 Å².